The summed E-state index contributed by atoms with van der Waals surface area (Å²) in [6, 6.07) is 6.24. The van der Waals surface area contributed by atoms with E-state index < -0.39 is 17.1 Å². The Hall–Kier alpha value is -3.55. The second kappa shape index (κ2) is 7.85. The molecule has 1 aliphatic rings. The molecule has 0 bridgehead atoms. The number of ether oxygens (including phenoxy) is 1. The van der Waals surface area contributed by atoms with Gasteiger partial charge >= 0.3 is 0 Å². The Morgan fingerprint density at radius 1 is 1.25 bits per heavy atom. The van der Waals surface area contributed by atoms with Crippen molar-refractivity contribution in [3.05, 3.63) is 70.1 Å². The van der Waals surface area contributed by atoms with Crippen molar-refractivity contribution in [3.63, 3.8) is 0 Å². The molecule has 1 aromatic heterocycles. The van der Waals surface area contributed by atoms with Gasteiger partial charge < -0.3 is 19.4 Å². The van der Waals surface area contributed by atoms with Gasteiger partial charge in [0.1, 0.15) is 46.2 Å². The Morgan fingerprint density at radius 2 is 2.00 bits per heavy atom. The molecule has 0 fully saturated rings. The second-order valence-electron chi connectivity index (χ2n) is 8.52. The third kappa shape index (κ3) is 3.77. The van der Waals surface area contributed by atoms with Gasteiger partial charge in [-0.3, -0.25) is 10.1 Å². The smallest absolute Gasteiger partial charge is 0.204 e. The van der Waals surface area contributed by atoms with Gasteiger partial charge in [-0.05, 0) is 61.8 Å². The summed E-state index contributed by atoms with van der Waals surface area (Å²) < 4.78 is 11.6. The molecule has 2 heterocycles. The number of hydrogen-bond acceptors (Lipinski definition) is 7. The summed E-state index contributed by atoms with van der Waals surface area (Å²) in [5.74, 6) is 0.207. The van der Waals surface area contributed by atoms with Gasteiger partial charge in [-0.1, -0.05) is 12.6 Å². The molecule has 7 heteroatoms. The summed E-state index contributed by atoms with van der Waals surface area (Å²) in [6.07, 6.45) is 4.29. The molecule has 3 N–H and O–H groups in total. The highest BCUT2D eigenvalue weighted by Crippen LogP contribution is 2.41. The zero-order valence-corrected chi connectivity index (χ0v) is 18.0. The van der Waals surface area contributed by atoms with E-state index in [-0.39, 0.29) is 34.5 Å². The van der Waals surface area contributed by atoms with Gasteiger partial charge in [0.05, 0.1) is 11.1 Å². The fraction of sp³-hybridized carbons (Fsp3) is 0.240. The topological polar surface area (TPSA) is 109 Å². The van der Waals surface area contributed by atoms with E-state index >= 15 is 0 Å². The van der Waals surface area contributed by atoms with Crippen LogP contribution < -0.4 is 10.2 Å². The van der Waals surface area contributed by atoms with E-state index in [1.54, 1.807) is 37.3 Å². The highest BCUT2D eigenvalue weighted by atomic mass is 17.1. The van der Waals surface area contributed by atoms with Crippen LogP contribution in [0, 0.1) is 0 Å². The van der Waals surface area contributed by atoms with Gasteiger partial charge in [0, 0.05) is 12.5 Å². The van der Waals surface area contributed by atoms with E-state index in [4.69, 9.17) is 14.4 Å². The lowest BCUT2D eigenvalue weighted by Gasteiger charge is -2.28. The van der Waals surface area contributed by atoms with Crippen LogP contribution in [-0.4, -0.2) is 27.2 Å². The van der Waals surface area contributed by atoms with Crippen molar-refractivity contribution in [2.75, 3.05) is 0 Å². The van der Waals surface area contributed by atoms with Crippen molar-refractivity contribution in [1.82, 2.24) is 0 Å². The predicted molar refractivity (Wildman–Crippen MR) is 121 cm³/mol. The zero-order valence-electron chi connectivity index (χ0n) is 18.0. The van der Waals surface area contributed by atoms with Crippen molar-refractivity contribution in [1.29, 1.82) is 0 Å². The summed E-state index contributed by atoms with van der Waals surface area (Å²) in [5.41, 5.74) is 1.39. The van der Waals surface area contributed by atoms with Crippen LogP contribution in [0.3, 0.4) is 0 Å². The van der Waals surface area contributed by atoms with E-state index in [0.717, 1.165) is 0 Å². The summed E-state index contributed by atoms with van der Waals surface area (Å²) in [6.45, 7) is 9.23. The maximum atomic E-state index is 13.3. The Bertz CT molecular complexity index is 1310. The normalized spacial score (nSPS) is 15.2. The average molecular weight is 436 g/mol. The molecule has 0 radical (unpaired) electrons. The lowest BCUT2D eigenvalue weighted by Crippen LogP contribution is -2.27. The second-order valence-corrected chi connectivity index (χ2v) is 8.52. The van der Waals surface area contributed by atoms with Crippen LogP contribution in [0.1, 0.15) is 31.9 Å². The van der Waals surface area contributed by atoms with Gasteiger partial charge in [-0.25, -0.2) is 4.89 Å². The van der Waals surface area contributed by atoms with Gasteiger partial charge in [0.2, 0.25) is 5.43 Å². The summed E-state index contributed by atoms with van der Waals surface area (Å²) >= 11 is 0. The van der Waals surface area contributed by atoms with Crippen LogP contribution in [-0.2, 0) is 11.3 Å². The van der Waals surface area contributed by atoms with E-state index in [0.29, 0.717) is 28.0 Å². The third-order valence-corrected chi connectivity index (χ3v) is 5.54. The first kappa shape index (κ1) is 21.7. The third-order valence-electron chi connectivity index (χ3n) is 5.54. The molecule has 32 heavy (non-hydrogen) atoms. The molecule has 0 spiro atoms. The molecule has 0 amide bonds. The number of phenolic OH excluding ortho intramolecular Hbond substituents is 2. The first-order valence-electron chi connectivity index (χ1n) is 10.1. The van der Waals surface area contributed by atoms with Crippen molar-refractivity contribution in [2.24, 2.45) is 0 Å². The number of phenols is 2. The molecule has 7 nitrogen and oxygen atoms in total. The van der Waals surface area contributed by atoms with Crippen LogP contribution in [0.5, 0.6) is 17.2 Å². The van der Waals surface area contributed by atoms with Crippen molar-refractivity contribution in [3.8, 4) is 28.4 Å². The molecule has 1 unspecified atom stereocenters. The minimum Gasteiger partial charge on any atom is -0.508 e. The summed E-state index contributed by atoms with van der Waals surface area (Å²) in [7, 11) is 0. The molecule has 0 saturated carbocycles. The SMILES string of the molecule is C=C(C)C(Cc1cc(-c2coc3cc4c(c(O)c3c2=O)C=CC(C)(C)O4)ccc1O)OO. The Labute approximate surface area is 184 Å². The van der Waals surface area contributed by atoms with Gasteiger partial charge in [-0.15, -0.1) is 0 Å². The van der Waals surface area contributed by atoms with Crippen LogP contribution in [0.25, 0.3) is 28.2 Å². The maximum Gasteiger partial charge on any atom is 0.204 e. The van der Waals surface area contributed by atoms with Gasteiger partial charge in [0.25, 0.3) is 0 Å². The first-order chi connectivity index (χ1) is 15.1. The van der Waals surface area contributed by atoms with Crippen LogP contribution >= 0.6 is 0 Å². The minimum atomic E-state index is -0.712. The molecule has 166 valence electrons. The maximum absolute atomic E-state index is 13.3. The van der Waals surface area contributed by atoms with Crippen molar-refractivity contribution >= 4 is 17.0 Å². The largest absolute Gasteiger partial charge is 0.508 e. The molecule has 1 atom stereocenters. The van der Waals surface area contributed by atoms with E-state index in [2.05, 4.69) is 11.5 Å². The Kier molecular flexibility index (Phi) is 5.32. The van der Waals surface area contributed by atoms with Gasteiger partial charge in [0.15, 0.2) is 0 Å². The van der Waals surface area contributed by atoms with Gasteiger partial charge in [-0.2, -0.15) is 0 Å². The van der Waals surface area contributed by atoms with Crippen LogP contribution in [0.15, 0.2) is 58.0 Å². The average Bonchev–Trinajstić information content (AvgIpc) is 2.72. The summed E-state index contributed by atoms with van der Waals surface area (Å²) in [4.78, 5) is 17.8. The van der Waals surface area contributed by atoms with Crippen LogP contribution in [0.2, 0.25) is 0 Å². The number of hydrogen-bond donors (Lipinski definition) is 3. The zero-order chi connectivity index (χ0) is 23.2. The molecule has 1 aliphatic heterocycles. The fourth-order valence-corrected chi connectivity index (χ4v) is 3.72. The highest BCUT2D eigenvalue weighted by molar-refractivity contribution is 5.93. The molecule has 0 aliphatic carbocycles. The number of fused-ring (bicyclic) bond motifs is 2. The fourth-order valence-electron chi connectivity index (χ4n) is 3.72. The van der Waals surface area contributed by atoms with Crippen molar-refractivity contribution < 1.29 is 29.5 Å². The number of benzene rings is 2. The molecular weight excluding hydrogens is 412 g/mol. The monoisotopic (exact) mass is 436 g/mol. The summed E-state index contributed by atoms with van der Waals surface area (Å²) in [5, 5.41) is 30.2. The Morgan fingerprint density at radius 3 is 2.69 bits per heavy atom. The lowest BCUT2D eigenvalue weighted by molar-refractivity contribution is -0.268. The quantitative estimate of drug-likeness (QED) is 0.292. The molecule has 4 rings (SSSR count). The van der Waals surface area contributed by atoms with Crippen LogP contribution in [0.4, 0.5) is 0 Å². The predicted octanol–water partition coefficient (Wildman–Crippen LogP) is 5.03. The van der Waals surface area contributed by atoms with E-state index in [9.17, 15) is 15.0 Å². The standard InChI is InChI=1S/C25H24O7/c1-13(2)19(32-29)10-15-9-14(5-6-18(15)26)17-12-30-21-11-20-16(7-8-25(3,4)31-20)23(27)22(21)24(17)28/h5-9,11-12,19,26-27,29H,1,10H2,2-4H3. The van der Waals surface area contributed by atoms with Crippen molar-refractivity contribution in [2.45, 2.75) is 38.9 Å². The minimum absolute atomic E-state index is 0.0101. The number of aromatic hydroxyl groups is 2. The molecule has 0 saturated heterocycles. The molecular formula is C25H24O7. The Balaban J connectivity index is 1.84. The van der Waals surface area contributed by atoms with E-state index in [1.807, 2.05) is 13.8 Å². The number of rotatable bonds is 5. The lowest BCUT2D eigenvalue weighted by atomic mass is 9.96. The highest BCUT2D eigenvalue weighted by Gasteiger charge is 2.27. The molecule has 2 aromatic carbocycles. The molecule has 3 aromatic rings. The first-order valence-corrected chi connectivity index (χ1v) is 10.1. The van der Waals surface area contributed by atoms with E-state index in [1.165, 1.54) is 12.3 Å².